The Labute approximate surface area is 154 Å². The van der Waals surface area contributed by atoms with E-state index >= 15 is 0 Å². The molecule has 4 heteroatoms. The van der Waals surface area contributed by atoms with Crippen LogP contribution in [0.15, 0.2) is 42.6 Å². The Bertz CT molecular complexity index is 493. The van der Waals surface area contributed by atoms with E-state index in [9.17, 15) is 0 Å². The van der Waals surface area contributed by atoms with Crippen LogP contribution in [0, 0.1) is 5.41 Å². The molecule has 140 valence electrons. The van der Waals surface area contributed by atoms with Crippen molar-refractivity contribution in [2.24, 2.45) is 0 Å². The fourth-order valence-electron chi connectivity index (χ4n) is 2.84. The molecule has 0 saturated carbocycles. The van der Waals surface area contributed by atoms with E-state index < -0.39 is 0 Å². The Morgan fingerprint density at radius 1 is 1.28 bits per heavy atom. The van der Waals surface area contributed by atoms with Gasteiger partial charge in [-0.3, -0.25) is 5.41 Å². The summed E-state index contributed by atoms with van der Waals surface area (Å²) in [6.07, 6.45) is 9.25. The number of methoxy groups -OCH3 is 1. The van der Waals surface area contributed by atoms with Gasteiger partial charge in [-0.2, -0.15) is 0 Å². The second-order valence-corrected chi connectivity index (χ2v) is 6.37. The number of rotatable bonds is 6. The van der Waals surface area contributed by atoms with Crippen molar-refractivity contribution in [3.63, 3.8) is 0 Å². The van der Waals surface area contributed by atoms with Gasteiger partial charge in [0.05, 0.1) is 11.9 Å². The average Bonchev–Trinajstić information content (AvgIpc) is 2.66. The monoisotopic (exact) mass is 345 g/mol. The largest absolute Gasteiger partial charge is 0.381 e. The lowest BCUT2D eigenvalue weighted by Gasteiger charge is -2.31. The first kappa shape index (κ1) is 21.2. The van der Waals surface area contributed by atoms with Gasteiger partial charge < -0.3 is 14.5 Å². The number of likely N-dealkylation sites (tertiary alicyclic amines) is 1. The number of nitrogens with one attached hydrogen (secondary N) is 1. The number of allylic oxidation sites excluding steroid dienone is 1. The molecule has 0 unspecified atom stereocenters. The van der Waals surface area contributed by atoms with E-state index in [0.717, 1.165) is 32.5 Å². The second kappa shape index (κ2) is 12.5. The standard InChI is InChI=1S/C13H19N.C8H16N2O/c1-3-5-12-14(11-4-2)13-9-7-6-8-10-13;1-7(9)10-5-3-8(11-2)4-6-10/h4,6-11H,3,5,12H2,1-2H3;8-9H,3-6H2,1-2H3. The van der Waals surface area contributed by atoms with Gasteiger partial charge in [0.15, 0.2) is 0 Å². The van der Waals surface area contributed by atoms with E-state index in [1.807, 2.05) is 6.92 Å². The molecule has 1 aromatic carbocycles. The molecule has 0 atom stereocenters. The first-order chi connectivity index (χ1) is 12.1. The number of hydrogen-bond acceptors (Lipinski definition) is 3. The summed E-state index contributed by atoms with van der Waals surface area (Å²) < 4.78 is 5.22. The number of anilines is 1. The van der Waals surface area contributed by atoms with Gasteiger partial charge in [0, 0.05) is 32.4 Å². The molecule has 25 heavy (non-hydrogen) atoms. The highest BCUT2D eigenvalue weighted by Gasteiger charge is 2.18. The molecular formula is C21H35N3O. The van der Waals surface area contributed by atoms with Crippen LogP contribution in [0.2, 0.25) is 0 Å². The summed E-state index contributed by atoms with van der Waals surface area (Å²) in [5.41, 5.74) is 1.28. The lowest BCUT2D eigenvalue weighted by atomic mass is 10.1. The number of unbranched alkanes of at least 4 members (excludes halogenated alkanes) is 1. The number of amidine groups is 1. The summed E-state index contributed by atoms with van der Waals surface area (Å²) >= 11 is 0. The van der Waals surface area contributed by atoms with Crippen LogP contribution in [-0.4, -0.2) is 43.6 Å². The summed E-state index contributed by atoms with van der Waals surface area (Å²) in [5, 5.41) is 7.40. The SMILES string of the molecule is CC=CN(CCCC)c1ccccc1.COC1CCN(C(C)=N)CC1. The number of ether oxygens (including phenoxy) is 1. The van der Waals surface area contributed by atoms with Crippen LogP contribution in [0.5, 0.6) is 0 Å². The maximum Gasteiger partial charge on any atom is 0.0925 e. The summed E-state index contributed by atoms with van der Waals surface area (Å²) in [6.45, 7) is 9.18. The molecule has 0 radical (unpaired) electrons. The van der Waals surface area contributed by atoms with Gasteiger partial charge in [0.2, 0.25) is 0 Å². The van der Waals surface area contributed by atoms with Gasteiger partial charge in [0.1, 0.15) is 0 Å². The van der Waals surface area contributed by atoms with Crippen LogP contribution in [-0.2, 0) is 4.74 Å². The molecular weight excluding hydrogens is 310 g/mol. The molecule has 1 N–H and O–H groups in total. The van der Waals surface area contributed by atoms with Crippen molar-refractivity contribution >= 4 is 11.5 Å². The lowest BCUT2D eigenvalue weighted by molar-refractivity contribution is 0.0576. The molecule has 1 saturated heterocycles. The predicted octanol–water partition coefficient (Wildman–Crippen LogP) is 4.92. The van der Waals surface area contributed by atoms with Crippen molar-refractivity contribution in [1.29, 1.82) is 5.41 Å². The molecule has 1 aromatic rings. The summed E-state index contributed by atoms with van der Waals surface area (Å²) in [6, 6.07) is 10.5. The molecule has 0 aliphatic carbocycles. The molecule has 0 aromatic heterocycles. The Morgan fingerprint density at radius 2 is 1.92 bits per heavy atom. The fourth-order valence-corrected chi connectivity index (χ4v) is 2.84. The molecule has 1 fully saturated rings. The number of nitrogens with zero attached hydrogens (tertiary/aromatic N) is 2. The Kier molecular flexibility index (Phi) is 10.6. The summed E-state index contributed by atoms with van der Waals surface area (Å²) in [7, 11) is 1.76. The molecule has 1 aliphatic heterocycles. The molecule has 0 spiro atoms. The number of benzene rings is 1. The molecule has 1 heterocycles. The summed E-state index contributed by atoms with van der Waals surface area (Å²) in [4.78, 5) is 4.39. The van der Waals surface area contributed by atoms with E-state index in [2.05, 4.69) is 66.3 Å². The van der Waals surface area contributed by atoms with Crippen LogP contribution in [0.1, 0.15) is 46.5 Å². The zero-order valence-corrected chi connectivity index (χ0v) is 16.4. The highest BCUT2D eigenvalue weighted by Crippen LogP contribution is 2.14. The van der Waals surface area contributed by atoms with Gasteiger partial charge in [-0.25, -0.2) is 0 Å². The fraction of sp³-hybridized carbons (Fsp3) is 0.571. The minimum absolute atomic E-state index is 0.422. The van der Waals surface area contributed by atoms with Gasteiger partial charge in [-0.05, 0) is 51.4 Å². The van der Waals surface area contributed by atoms with Crippen molar-refractivity contribution in [3.8, 4) is 0 Å². The Morgan fingerprint density at radius 3 is 2.40 bits per heavy atom. The third-order valence-electron chi connectivity index (χ3n) is 4.42. The van der Waals surface area contributed by atoms with Crippen LogP contribution >= 0.6 is 0 Å². The quantitative estimate of drug-likeness (QED) is 0.587. The van der Waals surface area contributed by atoms with Crippen molar-refractivity contribution in [3.05, 3.63) is 42.6 Å². The van der Waals surface area contributed by atoms with E-state index in [0.29, 0.717) is 11.9 Å². The highest BCUT2D eigenvalue weighted by atomic mass is 16.5. The Hall–Kier alpha value is -1.81. The normalized spacial score (nSPS) is 15.0. The minimum Gasteiger partial charge on any atom is -0.381 e. The van der Waals surface area contributed by atoms with Crippen molar-refractivity contribution < 1.29 is 4.74 Å². The van der Waals surface area contributed by atoms with Crippen LogP contribution in [0.3, 0.4) is 0 Å². The van der Waals surface area contributed by atoms with Gasteiger partial charge in [-0.15, -0.1) is 0 Å². The molecule has 0 amide bonds. The zero-order chi connectivity index (χ0) is 18.5. The van der Waals surface area contributed by atoms with Gasteiger partial charge >= 0.3 is 0 Å². The summed E-state index contributed by atoms with van der Waals surface area (Å²) in [5.74, 6) is 0.680. The number of piperidine rings is 1. The highest BCUT2D eigenvalue weighted by molar-refractivity contribution is 5.76. The van der Waals surface area contributed by atoms with Crippen molar-refractivity contribution in [1.82, 2.24) is 4.90 Å². The Balaban J connectivity index is 0.000000257. The van der Waals surface area contributed by atoms with E-state index in [4.69, 9.17) is 10.1 Å². The maximum atomic E-state index is 7.40. The minimum atomic E-state index is 0.422. The third-order valence-corrected chi connectivity index (χ3v) is 4.42. The zero-order valence-electron chi connectivity index (χ0n) is 16.4. The molecule has 0 bridgehead atoms. The maximum absolute atomic E-state index is 7.40. The first-order valence-electron chi connectivity index (χ1n) is 9.39. The number of para-hydroxylation sites is 1. The van der Waals surface area contributed by atoms with Crippen molar-refractivity contribution in [2.75, 3.05) is 31.6 Å². The molecule has 1 aliphatic rings. The van der Waals surface area contributed by atoms with Crippen LogP contribution in [0.25, 0.3) is 0 Å². The second-order valence-electron chi connectivity index (χ2n) is 6.37. The predicted molar refractivity (Wildman–Crippen MR) is 109 cm³/mol. The third kappa shape index (κ3) is 8.21. The van der Waals surface area contributed by atoms with Gasteiger partial charge in [-0.1, -0.05) is 37.6 Å². The number of hydrogen-bond donors (Lipinski definition) is 1. The first-order valence-corrected chi connectivity index (χ1v) is 9.39. The van der Waals surface area contributed by atoms with Gasteiger partial charge in [0.25, 0.3) is 0 Å². The smallest absolute Gasteiger partial charge is 0.0925 e. The van der Waals surface area contributed by atoms with E-state index in [1.54, 1.807) is 7.11 Å². The molecule has 4 nitrogen and oxygen atoms in total. The van der Waals surface area contributed by atoms with Crippen LogP contribution < -0.4 is 4.90 Å². The van der Waals surface area contributed by atoms with E-state index in [1.165, 1.54) is 18.5 Å². The topological polar surface area (TPSA) is 39.6 Å². The van der Waals surface area contributed by atoms with Crippen molar-refractivity contribution in [2.45, 2.75) is 52.6 Å². The average molecular weight is 346 g/mol. The van der Waals surface area contributed by atoms with Crippen LogP contribution in [0.4, 0.5) is 5.69 Å². The van der Waals surface area contributed by atoms with E-state index in [-0.39, 0.29) is 0 Å². The lowest BCUT2D eigenvalue weighted by Crippen LogP contribution is -2.39. The molecule has 2 rings (SSSR count).